The zero-order chi connectivity index (χ0) is 18.4. The molecule has 0 N–H and O–H groups in total. The van der Waals surface area contributed by atoms with Gasteiger partial charge >= 0.3 is 0 Å². The fourth-order valence-electron chi connectivity index (χ4n) is 2.73. The summed E-state index contributed by atoms with van der Waals surface area (Å²) in [5, 5.41) is 0. The Kier molecular flexibility index (Phi) is 5.59. The molecule has 0 fully saturated rings. The molecule has 0 radical (unpaired) electrons. The maximum atomic E-state index is 13.0. The molecule has 5 heteroatoms. The summed E-state index contributed by atoms with van der Waals surface area (Å²) in [5.74, 6) is -0.143. The van der Waals surface area contributed by atoms with Crippen LogP contribution in [0.3, 0.4) is 0 Å². The third-order valence-electron chi connectivity index (χ3n) is 4.27. The maximum Gasteiger partial charge on any atom is 0.254 e. The summed E-state index contributed by atoms with van der Waals surface area (Å²) >= 11 is 0. The van der Waals surface area contributed by atoms with E-state index < -0.39 is 0 Å². The first-order valence-electron chi connectivity index (χ1n) is 8.52. The van der Waals surface area contributed by atoms with Crippen LogP contribution in [0.15, 0.2) is 78.0 Å². The van der Waals surface area contributed by atoms with E-state index in [-0.39, 0.29) is 11.5 Å². The topological polar surface area (TPSA) is 55.2 Å². The molecule has 0 bridgehead atoms. The first-order chi connectivity index (χ1) is 12.6. The average Bonchev–Trinajstić information content (AvgIpc) is 2.68. The lowest BCUT2D eigenvalue weighted by atomic mass is 10.1. The predicted octanol–water partition coefficient (Wildman–Crippen LogP) is 2.67. The molecule has 0 unspecified atom stereocenters. The lowest BCUT2D eigenvalue weighted by Crippen LogP contribution is -2.33. The number of rotatable bonds is 6. The molecular formula is C21H21N3O2. The number of aryl methyl sites for hydroxylation is 1. The van der Waals surface area contributed by atoms with Crippen molar-refractivity contribution < 1.29 is 4.79 Å². The van der Waals surface area contributed by atoms with Crippen molar-refractivity contribution in [1.29, 1.82) is 0 Å². The van der Waals surface area contributed by atoms with Crippen molar-refractivity contribution in [3.8, 4) is 0 Å². The van der Waals surface area contributed by atoms with Gasteiger partial charge in [-0.1, -0.05) is 30.3 Å². The van der Waals surface area contributed by atoms with E-state index in [2.05, 4.69) is 4.98 Å². The van der Waals surface area contributed by atoms with Crippen LogP contribution in [-0.4, -0.2) is 26.9 Å². The molecule has 0 aliphatic rings. The van der Waals surface area contributed by atoms with Gasteiger partial charge in [-0.05, 0) is 35.7 Å². The van der Waals surface area contributed by atoms with Crippen molar-refractivity contribution in [2.75, 3.05) is 6.54 Å². The zero-order valence-corrected chi connectivity index (χ0v) is 14.7. The zero-order valence-electron chi connectivity index (χ0n) is 14.7. The monoisotopic (exact) mass is 347 g/mol. The van der Waals surface area contributed by atoms with Gasteiger partial charge in [0.1, 0.15) is 0 Å². The van der Waals surface area contributed by atoms with Crippen LogP contribution in [0, 0.1) is 0 Å². The highest BCUT2D eigenvalue weighted by molar-refractivity contribution is 5.94. The number of hydrogen-bond acceptors (Lipinski definition) is 3. The molecule has 0 aliphatic carbocycles. The molecular weight excluding hydrogens is 326 g/mol. The Hall–Kier alpha value is -3.21. The number of benzene rings is 1. The van der Waals surface area contributed by atoms with Crippen molar-refractivity contribution >= 4 is 5.91 Å². The van der Waals surface area contributed by atoms with Crippen molar-refractivity contribution in [3.63, 3.8) is 0 Å². The van der Waals surface area contributed by atoms with Gasteiger partial charge in [0, 0.05) is 50.4 Å². The fraction of sp³-hybridized carbons (Fsp3) is 0.190. The van der Waals surface area contributed by atoms with Crippen molar-refractivity contribution in [1.82, 2.24) is 14.5 Å². The standard InChI is InChI=1S/C21H21N3O2/c1-23-13-10-19(15-20(23)25)21(26)24(16-18-7-11-22-12-8-18)14-9-17-5-3-2-4-6-17/h2-8,10-13,15H,9,14,16H2,1H3. The summed E-state index contributed by atoms with van der Waals surface area (Å²) in [7, 11) is 1.67. The summed E-state index contributed by atoms with van der Waals surface area (Å²) in [6, 6.07) is 16.9. The SMILES string of the molecule is Cn1ccc(C(=O)N(CCc2ccccc2)Cc2ccncc2)cc1=O. The van der Waals surface area contributed by atoms with Gasteiger partial charge in [-0.2, -0.15) is 0 Å². The highest BCUT2D eigenvalue weighted by Gasteiger charge is 2.17. The minimum Gasteiger partial charge on any atom is -0.334 e. The van der Waals surface area contributed by atoms with E-state index in [4.69, 9.17) is 0 Å². The van der Waals surface area contributed by atoms with Crippen LogP contribution in [-0.2, 0) is 20.0 Å². The molecule has 26 heavy (non-hydrogen) atoms. The van der Waals surface area contributed by atoms with Crippen molar-refractivity contribution in [2.24, 2.45) is 7.05 Å². The minimum absolute atomic E-state index is 0.143. The molecule has 2 heterocycles. The van der Waals surface area contributed by atoms with E-state index in [1.165, 1.54) is 16.2 Å². The van der Waals surface area contributed by atoms with Crippen LogP contribution >= 0.6 is 0 Å². The number of nitrogens with zero attached hydrogens (tertiary/aromatic N) is 3. The maximum absolute atomic E-state index is 13.0. The Morgan fingerprint density at radius 1 is 1.04 bits per heavy atom. The predicted molar refractivity (Wildman–Crippen MR) is 101 cm³/mol. The van der Waals surface area contributed by atoms with E-state index in [9.17, 15) is 9.59 Å². The summed E-state index contributed by atoms with van der Waals surface area (Å²) in [5.41, 5.74) is 2.40. The summed E-state index contributed by atoms with van der Waals surface area (Å²) in [4.78, 5) is 30.7. The third-order valence-corrected chi connectivity index (χ3v) is 4.27. The molecule has 132 valence electrons. The number of carbonyl (C=O) groups is 1. The van der Waals surface area contributed by atoms with Gasteiger partial charge in [0.15, 0.2) is 0 Å². The lowest BCUT2D eigenvalue weighted by molar-refractivity contribution is 0.0744. The number of hydrogen-bond donors (Lipinski definition) is 0. The highest BCUT2D eigenvalue weighted by atomic mass is 16.2. The van der Waals surface area contributed by atoms with E-state index in [1.54, 1.807) is 36.6 Å². The third kappa shape index (κ3) is 4.45. The molecule has 0 spiro atoms. The van der Waals surface area contributed by atoms with E-state index in [1.807, 2.05) is 42.5 Å². The van der Waals surface area contributed by atoms with Gasteiger partial charge in [-0.15, -0.1) is 0 Å². The number of pyridine rings is 2. The quantitative estimate of drug-likeness (QED) is 0.689. The molecule has 0 aliphatic heterocycles. The van der Waals surface area contributed by atoms with Crippen LogP contribution in [0.25, 0.3) is 0 Å². The summed E-state index contributed by atoms with van der Waals surface area (Å²) < 4.78 is 1.45. The van der Waals surface area contributed by atoms with E-state index in [0.29, 0.717) is 18.7 Å². The Morgan fingerprint density at radius 2 is 1.77 bits per heavy atom. The highest BCUT2D eigenvalue weighted by Crippen LogP contribution is 2.11. The Morgan fingerprint density at radius 3 is 2.46 bits per heavy atom. The molecule has 2 aromatic heterocycles. The smallest absolute Gasteiger partial charge is 0.254 e. The van der Waals surface area contributed by atoms with Gasteiger partial charge in [0.2, 0.25) is 0 Å². The molecule has 0 saturated heterocycles. The lowest BCUT2D eigenvalue weighted by Gasteiger charge is -2.23. The molecule has 1 aromatic carbocycles. The molecule has 0 saturated carbocycles. The molecule has 5 nitrogen and oxygen atoms in total. The molecule has 1 amide bonds. The minimum atomic E-state index is -0.192. The molecule has 0 atom stereocenters. The second kappa shape index (κ2) is 8.25. The molecule has 3 rings (SSSR count). The van der Waals surface area contributed by atoms with Gasteiger partial charge in [-0.25, -0.2) is 0 Å². The van der Waals surface area contributed by atoms with E-state index in [0.717, 1.165) is 12.0 Å². The van der Waals surface area contributed by atoms with Gasteiger partial charge in [0.05, 0.1) is 0 Å². The van der Waals surface area contributed by atoms with Crippen LogP contribution in [0.5, 0.6) is 0 Å². The number of amides is 1. The van der Waals surface area contributed by atoms with Crippen LogP contribution in [0.1, 0.15) is 21.5 Å². The largest absolute Gasteiger partial charge is 0.334 e. The fourth-order valence-corrected chi connectivity index (χ4v) is 2.73. The second-order valence-electron chi connectivity index (χ2n) is 6.18. The van der Waals surface area contributed by atoms with E-state index >= 15 is 0 Å². The van der Waals surface area contributed by atoms with Crippen molar-refractivity contribution in [3.05, 3.63) is 100 Å². The van der Waals surface area contributed by atoms with Crippen LogP contribution < -0.4 is 5.56 Å². The van der Waals surface area contributed by atoms with Gasteiger partial charge in [0.25, 0.3) is 11.5 Å². The van der Waals surface area contributed by atoms with Crippen molar-refractivity contribution in [2.45, 2.75) is 13.0 Å². The first-order valence-corrected chi connectivity index (χ1v) is 8.52. The average molecular weight is 347 g/mol. The Labute approximate surface area is 152 Å². The van der Waals surface area contributed by atoms with Crippen LogP contribution in [0.4, 0.5) is 0 Å². The molecule has 3 aromatic rings. The number of carbonyl (C=O) groups excluding carboxylic acids is 1. The number of aromatic nitrogens is 2. The second-order valence-corrected chi connectivity index (χ2v) is 6.18. The van der Waals surface area contributed by atoms with Gasteiger partial charge < -0.3 is 9.47 Å². The Balaban J connectivity index is 1.82. The normalized spacial score (nSPS) is 10.5. The summed E-state index contributed by atoms with van der Waals surface area (Å²) in [6.45, 7) is 1.05. The van der Waals surface area contributed by atoms with Gasteiger partial charge in [-0.3, -0.25) is 14.6 Å². The summed E-state index contributed by atoms with van der Waals surface area (Å²) in [6.07, 6.45) is 5.81. The van der Waals surface area contributed by atoms with Crippen LogP contribution in [0.2, 0.25) is 0 Å². The first kappa shape index (κ1) is 17.6. The Bertz CT molecular complexity index is 921.